The van der Waals surface area contributed by atoms with Gasteiger partial charge in [0.25, 0.3) is 0 Å². The zero-order valence-electron chi connectivity index (χ0n) is 75.5. The molecule has 12 rings (SSSR count). The molecule has 0 fully saturated rings. The highest BCUT2D eigenvalue weighted by Crippen LogP contribution is 2.43. The summed E-state index contributed by atoms with van der Waals surface area (Å²) in [5, 5.41) is 211. The maximum atomic E-state index is 10.2. The number of aromatic hydroxyl groups is 20. The minimum atomic E-state index is -0.233. The van der Waals surface area contributed by atoms with E-state index < -0.39 is 0 Å². The fourth-order valence-corrected chi connectivity index (χ4v) is 17.8. The van der Waals surface area contributed by atoms with Crippen molar-refractivity contribution in [1.29, 1.82) is 0 Å². The van der Waals surface area contributed by atoms with E-state index in [0.717, 1.165) is 39.1 Å². The van der Waals surface area contributed by atoms with Crippen LogP contribution in [-0.2, 0) is 43.4 Å². The van der Waals surface area contributed by atoms with Gasteiger partial charge in [0.05, 0.1) is 50.9 Å². The Morgan fingerprint density at radius 1 is 0.384 bits per heavy atom. The maximum Gasteiger partial charge on any atom is 0.172 e. The normalized spacial score (nSPS) is 11.9. The van der Waals surface area contributed by atoms with Crippen LogP contribution in [-0.4, -0.2) is 144 Å². The lowest BCUT2D eigenvalue weighted by atomic mass is 10.0. The predicted octanol–water partition coefficient (Wildman–Crippen LogP) is 22.5. The average Bonchev–Trinajstić information content (AvgIpc) is 0.968. The van der Waals surface area contributed by atoms with Crippen molar-refractivity contribution in [3.63, 3.8) is 0 Å². The van der Waals surface area contributed by atoms with Crippen molar-refractivity contribution in [2.75, 3.05) is 12.3 Å². The van der Waals surface area contributed by atoms with Gasteiger partial charge >= 0.3 is 0 Å². The Hall–Kier alpha value is -12.3. The van der Waals surface area contributed by atoms with Gasteiger partial charge in [0, 0.05) is 88.1 Å². The standard InChI is InChI=1S/C25H25NO4S2.C21H22N2O4S3.C19H20BrNO4S.2C18H18BrNO4S/c1-16-21(27)11-19(12-22(16)28)13-26-24(31)8-7-18-9-20(25(30)23(29)10-18)15-32-14-17-5-3-2-4-6-17;1-12-16(24)8-14(9-17(12)25)10-23-19(28)3-2-13-6-15(20(27)18(26)7-13)11-30-21-22-4-5-29-21;1-3-13(12-8-15(23)10(2)16(24)9-12)21-17(26)7-5-11-4-6-14(22)19(25)18(11)20;2*1-9(12-6-13(19)18(24)16(23)7-12)3-17(25)20-8-11-4-14(21)10(2)15(22)5-11/h2-12,27-30H,13-15H2,1H3,(H,26,31);2-3,6-9,24-27H,4-5,10-11H2,1H3,(H,23,28);4-9,13,22-25H,3H2,1-2H3,(H,21,26);2*3-7,21-24H,8H2,1-2H3,(H,20,25)/b8-7+;3-2+;7-5+;2*9-3+. The molecule has 0 saturated carbocycles. The zero-order valence-corrected chi connectivity index (χ0v) is 86.8. The van der Waals surface area contributed by atoms with Crippen LogP contribution in [0.2, 0.25) is 0 Å². The summed E-state index contributed by atoms with van der Waals surface area (Å²) >= 11 is 41.0. The largest absolute Gasteiger partial charge is 0.508 e. The van der Waals surface area contributed by atoms with Crippen molar-refractivity contribution in [2.45, 2.75) is 111 Å². The van der Waals surface area contributed by atoms with Crippen molar-refractivity contribution in [2.24, 2.45) is 4.99 Å². The number of hydrogen-bond donors (Lipinski definition) is 25. The summed E-state index contributed by atoms with van der Waals surface area (Å²) in [6, 6.07) is 41.5. The minimum Gasteiger partial charge on any atom is -0.508 e. The van der Waals surface area contributed by atoms with Crippen LogP contribution in [0.15, 0.2) is 200 Å². The second-order valence-corrected chi connectivity index (χ2v) is 39.1. The van der Waals surface area contributed by atoms with E-state index >= 15 is 0 Å². The van der Waals surface area contributed by atoms with E-state index in [4.69, 9.17) is 61.1 Å². The number of thioether (sulfide) groups is 3. The van der Waals surface area contributed by atoms with E-state index in [1.165, 1.54) is 35.9 Å². The van der Waals surface area contributed by atoms with Crippen LogP contribution in [0.3, 0.4) is 0 Å². The number of rotatable bonds is 27. The number of phenols is 20. The third-order valence-electron chi connectivity index (χ3n) is 20.8. The molecule has 0 radical (unpaired) electrons. The van der Waals surface area contributed by atoms with Crippen molar-refractivity contribution >= 4 is 203 Å². The minimum absolute atomic E-state index is 0.0267. The molecular weight excluding hydrogens is 2110 g/mol. The Labute approximate surface area is 863 Å². The molecule has 0 spiro atoms. The zero-order chi connectivity index (χ0) is 102. The van der Waals surface area contributed by atoms with Gasteiger partial charge in [-0.25, -0.2) is 0 Å². The van der Waals surface area contributed by atoms with Crippen LogP contribution in [0, 0.1) is 34.6 Å². The molecule has 0 saturated heterocycles. The molecule has 726 valence electrons. The van der Waals surface area contributed by atoms with Crippen LogP contribution in [0.5, 0.6) is 115 Å². The van der Waals surface area contributed by atoms with Crippen LogP contribution in [0.1, 0.15) is 133 Å². The van der Waals surface area contributed by atoms with Gasteiger partial charge in [-0.05, 0) is 327 Å². The monoisotopic (exact) mass is 2210 g/mol. The number of thiocarbonyl (C=S) groups is 5. The fourth-order valence-electron chi connectivity index (χ4n) is 12.5. The molecule has 0 aromatic heterocycles. The summed E-state index contributed by atoms with van der Waals surface area (Å²) in [6.07, 6.45) is 14.4. The molecule has 37 heteroatoms. The fraction of sp³-hybridized carbons (Fsp3) is 0.188. The molecule has 0 bridgehead atoms. The number of aliphatic imine (C=N–C) groups is 1. The molecule has 1 aliphatic rings. The van der Waals surface area contributed by atoms with Crippen molar-refractivity contribution in [3.05, 3.63) is 296 Å². The van der Waals surface area contributed by atoms with Crippen LogP contribution < -0.4 is 26.6 Å². The third kappa shape index (κ3) is 33.5. The summed E-state index contributed by atoms with van der Waals surface area (Å²) in [6.45, 7) is 16.0. The first kappa shape index (κ1) is 111. The molecule has 0 amide bonds. The summed E-state index contributed by atoms with van der Waals surface area (Å²) < 4.78 is 2.14. The molecule has 1 unspecified atom stereocenters. The summed E-state index contributed by atoms with van der Waals surface area (Å²) in [5.74, 6) is 1.24. The van der Waals surface area contributed by atoms with E-state index in [0.29, 0.717) is 171 Å². The second kappa shape index (κ2) is 53.0. The molecular formula is C101H103Br3N6O20S8. The van der Waals surface area contributed by atoms with Gasteiger partial charge in [0.2, 0.25) is 0 Å². The lowest BCUT2D eigenvalue weighted by Gasteiger charge is -2.19. The lowest BCUT2D eigenvalue weighted by Crippen LogP contribution is -2.25. The van der Waals surface area contributed by atoms with Crippen molar-refractivity contribution in [3.8, 4) is 115 Å². The number of nitrogens with one attached hydrogen (secondary N) is 5. The molecule has 11 aromatic carbocycles. The van der Waals surface area contributed by atoms with Gasteiger partial charge in [-0.2, -0.15) is 11.8 Å². The van der Waals surface area contributed by atoms with Gasteiger partial charge in [0.1, 0.15) is 61.9 Å². The number of phenolic OH excluding ortho intramolecular Hbond substituents is 20. The Bertz CT molecular complexity index is 6240. The quantitative estimate of drug-likeness (QED) is 0.0129. The highest BCUT2D eigenvalue weighted by molar-refractivity contribution is 9.11. The second-order valence-electron chi connectivity index (χ2n) is 31.1. The SMILES string of the molecule is C/C(=C\C(=S)NCc1cc(O)c(C)c(O)c1)c1cc(O)c(O)c(Br)c1.C/C(=C\C(=S)NCc1cc(O)c(C)c(O)c1)c1cc(O)c(O)c(Br)c1.CCC(NC(=S)/C=C/c1ccc(O)c(O)c1Br)c1cc(O)c(C)c(O)c1.Cc1c(O)cc(CNC(=S)/C=C/c2cc(O)c(O)c(CSC3=NCCS3)c2)cc1O.Cc1c(O)cc(CNC(=S)/C=C/c2cc(O)c(O)c(CSCc3ccccc3)c2)cc1O. The number of halogens is 3. The number of allylic oxidation sites excluding steroid dienone is 2. The smallest absolute Gasteiger partial charge is 0.172 e. The van der Waals surface area contributed by atoms with Gasteiger partial charge in [0.15, 0.2) is 57.5 Å². The Morgan fingerprint density at radius 3 is 1.12 bits per heavy atom. The molecule has 1 aliphatic heterocycles. The molecule has 26 nitrogen and oxygen atoms in total. The van der Waals surface area contributed by atoms with Crippen LogP contribution in [0.25, 0.3) is 29.4 Å². The molecule has 1 heterocycles. The van der Waals surface area contributed by atoms with E-state index in [1.54, 1.807) is 203 Å². The third-order valence-corrected chi connectivity index (χ3v) is 27.5. The van der Waals surface area contributed by atoms with Crippen LogP contribution in [0.4, 0.5) is 0 Å². The summed E-state index contributed by atoms with van der Waals surface area (Å²) in [5.41, 5.74) is 13.2. The predicted molar refractivity (Wildman–Crippen MR) is 583 cm³/mol. The molecule has 1 atom stereocenters. The van der Waals surface area contributed by atoms with Crippen LogP contribution >= 0.6 is 144 Å². The van der Waals surface area contributed by atoms with E-state index in [9.17, 15) is 102 Å². The van der Waals surface area contributed by atoms with Crippen molar-refractivity contribution < 1.29 is 102 Å². The molecule has 25 N–H and O–H groups in total. The summed E-state index contributed by atoms with van der Waals surface area (Å²) in [4.78, 5) is 6.66. The average molecular weight is 2220 g/mol. The molecule has 138 heavy (non-hydrogen) atoms. The highest BCUT2D eigenvalue weighted by atomic mass is 79.9. The topological polar surface area (TPSA) is 477 Å². The Balaban J connectivity index is 0.000000212. The molecule has 0 aliphatic carbocycles. The Morgan fingerprint density at radius 2 is 0.746 bits per heavy atom. The first-order valence-electron chi connectivity index (χ1n) is 41.8. The van der Waals surface area contributed by atoms with E-state index in [-0.39, 0.29) is 121 Å². The van der Waals surface area contributed by atoms with Gasteiger partial charge in [-0.1, -0.05) is 140 Å². The number of hydrogen-bond acceptors (Lipinski definition) is 29. The van der Waals surface area contributed by atoms with E-state index in [1.807, 2.05) is 45.0 Å². The van der Waals surface area contributed by atoms with Gasteiger partial charge in [-0.3, -0.25) is 4.99 Å². The number of benzene rings is 11. The molecule has 11 aromatic rings. The first-order valence-corrected chi connectivity index (χ1v) is 49.4. The van der Waals surface area contributed by atoms with Gasteiger partial charge in [-0.15, -0.1) is 0 Å². The maximum absolute atomic E-state index is 10.2. The number of nitrogens with zero attached hydrogens (tertiary/aromatic N) is 1. The van der Waals surface area contributed by atoms with Crippen molar-refractivity contribution in [1.82, 2.24) is 26.6 Å². The lowest BCUT2D eigenvalue weighted by molar-refractivity contribution is 0.400. The summed E-state index contributed by atoms with van der Waals surface area (Å²) in [7, 11) is 0. The van der Waals surface area contributed by atoms with E-state index in [2.05, 4.69) is 91.5 Å². The Kier molecular flexibility index (Phi) is 42.7. The highest BCUT2D eigenvalue weighted by Gasteiger charge is 2.20. The first-order chi connectivity index (χ1) is 65.3. The van der Waals surface area contributed by atoms with Gasteiger partial charge < -0.3 is 129 Å².